The molecule has 0 atom stereocenters. The third-order valence-electron chi connectivity index (χ3n) is 7.60. The SMILES string of the molecule is CN(C)CCCNC(=O)CN(c1ccc(C23CC4CC(CC(C4)C2)C3)cc1)S(C)(=O)=O. The molecule has 0 unspecified atom stereocenters. The molecule has 0 saturated heterocycles. The van der Waals surface area contributed by atoms with Gasteiger partial charge in [0.05, 0.1) is 11.9 Å². The molecule has 7 heteroatoms. The summed E-state index contributed by atoms with van der Waals surface area (Å²) in [4.78, 5) is 14.4. The number of hydrogen-bond donors (Lipinski definition) is 1. The van der Waals surface area contributed by atoms with Gasteiger partial charge in [-0.3, -0.25) is 9.10 Å². The second-order valence-corrected chi connectivity index (χ2v) is 12.4. The Balaban J connectivity index is 1.45. The first-order chi connectivity index (χ1) is 14.6. The predicted molar refractivity (Wildman–Crippen MR) is 125 cm³/mol. The minimum atomic E-state index is -3.55. The molecule has 1 N–H and O–H groups in total. The van der Waals surface area contributed by atoms with Gasteiger partial charge >= 0.3 is 0 Å². The van der Waals surface area contributed by atoms with E-state index in [1.807, 2.05) is 26.2 Å². The van der Waals surface area contributed by atoms with E-state index >= 15 is 0 Å². The fourth-order valence-corrected chi connectivity index (χ4v) is 7.51. The smallest absolute Gasteiger partial charge is 0.240 e. The zero-order chi connectivity index (χ0) is 22.2. The van der Waals surface area contributed by atoms with Crippen molar-refractivity contribution in [1.82, 2.24) is 10.2 Å². The Bertz CT molecular complexity index is 860. The number of carbonyl (C=O) groups is 1. The molecule has 0 spiro atoms. The van der Waals surface area contributed by atoms with Crippen LogP contribution in [0.15, 0.2) is 24.3 Å². The second-order valence-electron chi connectivity index (χ2n) is 10.5. The van der Waals surface area contributed by atoms with E-state index in [4.69, 9.17) is 0 Å². The van der Waals surface area contributed by atoms with Crippen LogP contribution in [0.5, 0.6) is 0 Å². The molecular weight excluding hydrogens is 410 g/mol. The summed E-state index contributed by atoms with van der Waals surface area (Å²) in [6.07, 6.45) is 10.1. The molecule has 4 aliphatic carbocycles. The minimum absolute atomic E-state index is 0.183. The zero-order valence-corrected chi connectivity index (χ0v) is 20.0. The Kier molecular flexibility index (Phi) is 6.37. The fourth-order valence-electron chi connectivity index (χ4n) is 6.65. The van der Waals surface area contributed by atoms with Gasteiger partial charge in [-0.25, -0.2) is 8.42 Å². The van der Waals surface area contributed by atoms with Gasteiger partial charge in [-0.15, -0.1) is 0 Å². The van der Waals surface area contributed by atoms with Crippen LogP contribution in [0.4, 0.5) is 5.69 Å². The zero-order valence-electron chi connectivity index (χ0n) is 19.1. The Morgan fingerprint density at radius 2 is 1.58 bits per heavy atom. The lowest BCUT2D eigenvalue weighted by atomic mass is 9.48. The largest absolute Gasteiger partial charge is 0.354 e. The van der Waals surface area contributed by atoms with Crippen LogP contribution < -0.4 is 9.62 Å². The lowest BCUT2D eigenvalue weighted by Gasteiger charge is -2.57. The molecule has 5 rings (SSSR count). The van der Waals surface area contributed by atoms with Crippen molar-refractivity contribution in [3.8, 4) is 0 Å². The summed E-state index contributed by atoms with van der Waals surface area (Å²) in [6.45, 7) is 1.24. The molecule has 0 aliphatic heterocycles. The highest BCUT2D eigenvalue weighted by molar-refractivity contribution is 7.92. The Morgan fingerprint density at radius 3 is 2.06 bits per heavy atom. The molecule has 6 nitrogen and oxygen atoms in total. The van der Waals surface area contributed by atoms with Crippen LogP contribution in [-0.4, -0.2) is 59.2 Å². The van der Waals surface area contributed by atoms with Gasteiger partial charge in [0.2, 0.25) is 15.9 Å². The van der Waals surface area contributed by atoms with Gasteiger partial charge in [0, 0.05) is 6.54 Å². The molecule has 1 aromatic carbocycles. The van der Waals surface area contributed by atoms with E-state index in [9.17, 15) is 13.2 Å². The molecule has 4 fully saturated rings. The van der Waals surface area contributed by atoms with Crippen LogP contribution in [0.3, 0.4) is 0 Å². The molecule has 0 radical (unpaired) electrons. The molecular formula is C24H37N3O3S. The van der Waals surface area contributed by atoms with Crippen molar-refractivity contribution < 1.29 is 13.2 Å². The lowest BCUT2D eigenvalue weighted by Crippen LogP contribution is -2.48. The molecule has 172 valence electrons. The van der Waals surface area contributed by atoms with Crippen LogP contribution in [0.25, 0.3) is 0 Å². The van der Waals surface area contributed by atoms with E-state index in [1.165, 1.54) is 54.6 Å². The first-order valence-electron chi connectivity index (χ1n) is 11.6. The Labute approximate surface area is 187 Å². The van der Waals surface area contributed by atoms with Crippen LogP contribution in [0.1, 0.15) is 50.5 Å². The summed E-state index contributed by atoms with van der Waals surface area (Å²) in [5, 5.41) is 2.84. The maximum atomic E-state index is 12.4. The number of sulfonamides is 1. The van der Waals surface area contributed by atoms with E-state index in [-0.39, 0.29) is 17.9 Å². The highest BCUT2D eigenvalue weighted by Crippen LogP contribution is 2.60. The first-order valence-corrected chi connectivity index (χ1v) is 13.5. The van der Waals surface area contributed by atoms with E-state index < -0.39 is 10.0 Å². The maximum absolute atomic E-state index is 12.4. The number of hydrogen-bond acceptors (Lipinski definition) is 4. The van der Waals surface area contributed by atoms with Crippen LogP contribution in [-0.2, 0) is 20.2 Å². The van der Waals surface area contributed by atoms with Gasteiger partial charge in [-0.05, 0) is 106 Å². The van der Waals surface area contributed by atoms with Gasteiger partial charge in [-0.1, -0.05) is 12.1 Å². The van der Waals surface area contributed by atoms with Crippen molar-refractivity contribution in [3.05, 3.63) is 29.8 Å². The summed E-state index contributed by atoms with van der Waals surface area (Å²) in [7, 11) is 0.422. The molecule has 0 aromatic heterocycles. The predicted octanol–water partition coefficient (Wildman–Crippen LogP) is 2.99. The summed E-state index contributed by atoms with van der Waals surface area (Å²) < 4.78 is 26.1. The van der Waals surface area contributed by atoms with Crippen molar-refractivity contribution >= 4 is 21.6 Å². The number of nitrogens with zero attached hydrogens (tertiary/aromatic N) is 2. The van der Waals surface area contributed by atoms with Crippen LogP contribution in [0.2, 0.25) is 0 Å². The Hall–Kier alpha value is -1.60. The van der Waals surface area contributed by atoms with Gasteiger partial charge in [0.25, 0.3) is 0 Å². The lowest BCUT2D eigenvalue weighted by molar-refractivity contribution is -0.119. The number of rotatable bonds is 9. The number of amides is 1. The fraction of sp³-hybridized carbons (Fsp3) is 0.708. The average Bonchev–Trinajstić information content (AvgIpc) is 2.67. The number of nitrogens with one attached hydrogen (secondary N) is 1. The van der Waals surface area contributed by atoms with Crippen molar-refractivity contribution in [3.63, 3.8) is 0 Å². The molecule has 0 heterocycles. The average molecular weight is 448 g/mol. The van der Waals surface area contributed by atoms with Gasteiger partial charge in [0.15, 0.2) is 0 Å². The second kappa shape index (κ2) is 8.74. The highest BCUT2D eigenvalue weighted by atomic mass is 32.2. The van der Waals surface area contributed by atoms with Crippen LogP contribution >= 0.6 is 0 Å². The number of anilines is 1. The van der Waals surface area contributed by atoms with E-state index in [0.29, 0.717) is 12.2 Å². The monoisotopic (exact) mass is 447 g/mol. The Morgan fingerprint density at radius 1 is 1.03 bits per heavy atom. The molecule has 4 saturated carbocycles. The summed E-state index contributed by atoms with van der Waals surface area (Å²) in [6, 6.07) is 8.04. The summed E-state index contributed by atoms with van der Waals surface area (Å²) in [5.74, 6) is 2.34. The summed E-state index contributed by atoms with van der Waals surface area (Å²) in [5.41, 5.74) is 2.21. The molecule has 31 heavy (non-hydrogen) atoms. The quantitative estimate of drug-likeness (QED) is 0.591. The van der Waals surface area contributed by atoms with Gasteiger partial charge in [0.1, 0.15) is 6.54 Å². The van der Waals surface area contributed by atoms with Crippen molar-refractivity contribution in [1.29, 1.82) is 0 Å². The number of carbonyl (C=O) groups excluding carboxylic acids is 1. The topological polar surface area (TPSA) is 69.7 Å². The van der Waals surface area contributed by atoms with Gasteiger partial charge in [-0.2, -0.15) is 0 Å². The van der Waals surface area contributed by atoms with Crippen molar-refractivity contribution in [2.24, 2.45) is 17.8 Å². The molecule has 4 aliphatic rings. The third-order valence-corrected chi connectivity index (χ3v) is 8.74. The van der Waals surface area contributed by atoms with E-state index in [2.05, 4.69) is 22.3 Å². The van der Waals surface area contributed by atoms with E-state index in [0.717, 1.165) is 30.7 Å². The molecule has 4 bridgehead atoms. The van der Waals surface area contributed by atoms with Crippen molar-refractivity contribution in [2.45, 2.75) is 50.4 Å². The third kappa shape index (κ3) is 5.08. The molecule has 1 aromatic rings. The normalized spacial score (nSPS) is 29.4. The maximum Gasteiger partial charge on any atom is 0.240 e. The van der Waals surface area contributed by atoms with E-state index in [1.54, 1.807) is 0 Å². The minimum Gasteiger partial charge on any atom is -0.354 e. The molecule has 1 amide bonds. The number of benzene rings is 1. The van der Waals surface area contributed by atoms with Crippen LogP contribution in [0, 0.1) is 17.8 Å². The standard InChI is InChI=1S/C24H37N3O3S/c1-26(2)10-4-9-25-23(28)17-27(31(3,29)30)22-7-5-21(6-8-22)24-14-18-11-19(15-24)13-20(12-18)16-24/h5-8,18-20H,4,9-17H2,1-3H3,(H,25,28). The van der Waals surface area contributed by atoms with Gasteiger partial charge < -0.3 is 10.2 Å². The first kappa shape index (κ1) is 22.6. The highest BCUT2D eigenvalue weighted by Gasteiger charge is 2.51. The summed E-state index contributed by atoms with van der Waals surface area (Å²) >= 11 is 0. The van der Waals surface area contributed by atoms with Crippen molar-refractivity contribution in [2.75, 3.05) is 44.3 Å².